The van der Waals surface area contributed by atoms with Crippen LogP contribution in [0.4, 0.5) is 9.59 Å². The predicted molar refractivity (Wildman–Crippen MR) is 114 cm³/mol. The molecule has 0 amide bonds. The first-order chi connectivity index (χ1) is 13.9. The van der Waals surface area contributed by atoms with Crippen molar-refractivity contribution in [1.29, 1.82) is 0 Å². The number of aryl methyl sites for hydroxylation is 1. The van der Waals surface area contributed by atoms with Crippen LogP contribution in [-0.4, -0.2) is 66.8 Å². The third-order valence-corrected chi connectivity index (χ3v) is 5.91. The van der Waals surface area contributed by atoms with E-state index in [9.17, 15) is 9.59 Å². The molecule has 1 fully saturated rings. The highest BCUT2D eigenvalue weighted by Gasteiger charge is 2.20. The van der Waals surface area contributed by atoms with Crippen molar-refractivity contribution in [2.75, 3.05) is 38.9 Å². The maximum atomic E-state index is 12.6. The first kappa shape index (κ1) is 21.5. The molecule has 2 heterocycles. The number of carbonyl (C=O) groups is 2. The Morgan fingerprint density at radius 1 is 1.21 bits per heavy atom. The zero-order valence-electron chi connectivity index (χ0n) is 17.2. The minimum Gasteiger partial charge on any atom is -0.431 e. The first-order valence-electron chi connectivity index (χ1n) is 9.77. The lowest BCUT2D eigenvalue weighted by molar-refractivity contribution is -0.0304. The zero-order chi connectivity index (χ0) is 20.8. The van der Waals surface area contributed by atoms with Crippen molar-refractivity contribution in [3.8, 4) is 0 Å². The average Bonchev–Trinajstić information content (AvgIpc) is 3.05. The van der Waals surface area contributed by atoms with E-state index >= 15 is 0 Å². The van der Waals surface area contributed by atoms with E-state index in [1.165, 1.54) is 4.57 Å². The summed E-state index contributed by atoms with van der Waals surface area (Å²) >= 11 is 1.85. The van der Waals surface area contributed by atoms with Crippen LogP contribution in [0, 0.1) is 6.92 Å². The molecule has 2 aromatic rings. The van der Waals surface area contributed by atoms with Crippen molar-refractivity contribution in [3.05, 3.63) is 35.5 Å². The van der Waals surface area contributed by atoms with Gasteiger partial charge < -0.3 is 19.1 Å². The topological polar surface area (TPSA) is 70.0 Å². The minimum absolute atomic E-state index is 0.115. The van der Waals surface area contributed by atoms with E-state index in [0.29, 0.717) is 0 Å². The summed E-state index contributed by atoms with van der Waals surface area (Å²) in [5, 5.41) is 1.03. The number of hydrogen-bond acceptors (Lipinski definition) is 7. The van der Waals surface area contributed by atoms with Crippen LogP contribution in [0.3, 0.4) is 0 Å². The van der Waals surface area contributed by atoms with Gasteiger partial charge in [0.1, 0.15) is 6.10 Å². The van der Waals surface area contributed by atoms with Crippen molar-refractivity contribution < 1.29 is 23.8 Å². The maximum absolute atomic E-state index is 12.6. The third-order valence-electron chi connectivity index (χ3n) is 4.86. The molecular formula is C21H28N2O5S. The summed E-state index contributed by atoms with van der Waals surface area (Å²) < 4.78 is 16.8. The number of hydrogen-bond donors (Lipinski definition) is 0. The summed E-state index contributed by atoms with van der Waals surface area (Å²) in [6.07, 6.45) is 2.76. The van der Waals surface area contributed by atoms with Crippen LogP contribution in [0.2, 0.25) is 0 Å². The molecule has 1 aliphatic rings. The number of likely N-dealkylation sites (N-methyl/N-ethyl adjacent to an activating group) is 1. The van der Waals surface area contributed by atoms with Crippen molar-refractivity contribution in [1.82, 2.24) is 9.47 Å². The van der Waals surface area contributed by atoms with Gasteiger partial charge in [-0.05, 0) is 69.5 Å². The highest BCUT2D eigenvalue weighted by atomic mass is 32.2. The van der Waals surface area contributed by atoms with Crippen molar-refractivity contribution in [3.63, 3.8) is 0 Å². The second-order valence-corrected chi connectivity index (χ2v) is 8.67. The van der Waals surface area contributed by atoms with E-state index < -0.39 is 19.0 Å². The Morgan fingerprint density at radius 2 is 1.97 bits per heavy atom. The normalized spacial score (nSPS) is 14.9. The van der Waals surface area contributed by atoms with Crippen LogP contribution in [0.5, 0.6) is 0 Å². The van der Waals surface area contributed by atoms with Gasteiger partial charge in [0.2, 0.25) is 6.79 Å². The Labute approximate surface area is 175 Å². The molecule has 29 heavy (non-hydrogen) atoms. The third kappa shape index (κ3) is 5.90. The number of rotatable bonds is 6. The van der Waals surface area contributed by atoms with E-state index in [1.54, 1.807) is 6.20 Å². The molecule has 0 saturated carbocycles. The summed E-state index contributed by atoms with van der Waals surface area (Å²) in [6.45, 7) is 2.42. The van der Waals surface area contributed by atoms with Gasteiger partial charge in [-0.25, -0.2) is 9.59 Å². The average molecular weight is 421 g/mol. The highest BCUT2D eigenvalue weighted by molar-refractivity contribution is 7.99. The highest BCUT2D eigenvalue weighted by Crippen LogP contribution is 2.24. The molecule has 0 N–H and O–H groups in total. The molecule has 0 bridgehead atoms. The van der Waals surface area contributed by atoms with Crippen LogP contribution >= 0.6 is 11.8 Å². The molecule has 0 aliphatic carbocycles. The second-order valence-electron chi connectivity index (χ2n) is 7.45. The quantitative estimate of drug-likeness (QED) is 0.516. The molecule has 158 valence electrons. The Bertz CT molecular complexity index is 858. The number of fused-ring (bicyclic) bond motifs is 1. The summed E-state index contributed by atoms with van der Waals surface area (Å²) in [5.41, 5.74) is 2.98. The lowest BCUT2D eigenvalue weighted by Crippen LogP contribution is -2.24. The summed E-state index contributed by atoms with van der Waals surface area (Å²) in [7, 11) is 4.03. The smallest absolute Gasteiger partial charge is 0.431 e. The SMILES string of the molecule is Cc1ccc2c(c1)c(CCN(C)C)cn2C(=O)OCOC(=O)OC1CCSCC1. The lowest BCUT2D eigenvalue weighted by Gasteiger charge is -2.20. The molecule has 0 unspecified atom stereocenters. The molecule has 1 saturated heterocycles. The van der Waals surface area contributed by atoms with Gasteiger partial charge in [0.15, 0.2) is 0 Å². The Balaban J connectivity index is 1.60. The zero-order valence-corrected chi connectivity index (χ0v) is 18.0. The molecule has 0 spiro atoms. The second kappa shape index (κ2) is 10.0. The van der Waals surface area contributed by atoms with Crippen LogP contribution in [0.15, 0.2) is 24.4 Å². The fourth-order valence-electron chi connectivity index (χ4n) is 3.27. The van der Waals surface area contributed by atoms with Crippen molar-refractivity contribution >= 4 is 34.9 Å². The number of thioether (sulfide) groups is 1. The summed E-state index contributed by atoms with van der Waals surface area (Å²) in [5.74, 6) is 1.95. The van der Waals surface area contributed by atoms with E-state index in [1.807, 2.05) is 44.9 Å². The molecule has 3 rings (SSSR count). The number of aromatic nitrogens is 1. The van der Waals surface area contributed by atoms with Crippen molar-refractivity contribution in [2.24, 2.45) is 0 Å². The van der Waals surface area contributed by atoms with Crippen LogP contribution in [-0.2, 0) is 20.6 Å². The van der Waals surface area contributed by atoms with Crippen LogP contribution < -0.4 is 0 Å². The molecule has 0 radical (unpaired) electrons. The largest absolute Gasteiger partial charge is 0.511 e. The van der Waals surface area contributed by atoms with E-state index in [0.717, 1.165) is 59.3 Å². The van der Waals surface area contributed by atoms with Gasteiger partial charge in [-0.15, -0.1) is 0 Å². The molecule has 1 aliphatic heterocycles. The Morgan fingerprint density at radius 3 is 2.69 bits per heavy atom. The molecule has 1 aromatic carbocycles. The number of carbonyl (C=O) groups excluding carboxylic acids is 2. The van der Waals surface area contributed by atoms with Crippen LogP contribution in [0.25, 0.3) is 10.9 Å². The number of nitrogens with zero attached hydrogens (tertiary/aromatic N) is 2. The Kier molecular flexibility index (Phi) is 7.44. The molecule has 7 nitrogen and oxygen atoms in total. The van der Waals surface area contributed by atoms with Gasteiger partial charge in [0, 0.05) is 18.1 Å². The van der Waals surface area contributed by atoms with E-state index in [-0.39, 0.29) is 6.10 Å². The monoisotopic (exact) mass is 420 g/mol. The van der Waals surface area contributed by atoms with Gasteiger partial charge >= 0.3 is 12.2 Å². The fraction of sp³-hybridized carbons (Fsp3) is 0.524. The van der Waals surface area contributed by atoms with E-state index in [4.69, 9.17) is 14.2 Å². The van der Waals surface area contributed by atoms with Gasteiger partial charge in [-0.3, -0.25) is 4.57 Å². The van der Waals surface area contributed by atoms with Gasteiger partial charge in [-0.1, -0.05) is 11.6 Å². The molecule has 8 heteroatoms. The standard InChI is InChI=1S/C21H28N2O5S/c1-15-4-5-19-18(12-15)16(6-9-22(2)3)13-23(19)20(24)26-14-27-21(25)28-17-7-10-29-11-8-17/h4-5,12-13,17H,6-11,14H2,1-3H3. The summed E-state index contributed by atoms with van der Waals surface area (Å²) in [6, 6.07) is 5.93. The van der Waals surface area contributed by atoms with E-state index in [2.05, 4.69) is 11.0 Å². The Hall–Kier alpha value is -2.19. The van der Waals surface area contributed by atoms with Crippen molar-refractivity contribution in [2.45, 2.75) is 32.3 Å². The van der Waals surface area contributed by atoms with Crippen LogP contribution in [0.1, 0.15) is 24.0 Å². The minimum atomic E-state index is -0.797. The number of benzene rings is 1. The number of ether oxygens (including phenoxy) is 3. The fourth-order valence-corrected chi connectivity index (χ4v) is 4.33. The molecule has 1 aromatic heterocycles. The molecule has 0 atom stereocenters. The maximum Gasteiger partial charge on any atom is 0.511 e. The predicted octanol–water partition coefficient (Wildman–Crippen LogP) is 4.04. The van der Waals surface area contributed by atoms with Gasteiger partial charge in [0.25, 0.3) is 0 Å². The summed E-state index contributed by atoms with van der Waals surface area (Å²) in [4.78, 5) is 26.4. The lowest BCUT2D eigenvalue weighted by atomic mass is 10.1. The van der Waals surface area contributed by atoms with Gasteiger partial charge in [0.05, 0.1) is 5.52 Å². The van der Waals surface area contributed by atoms with Gasteiger partial charge in [-0.2, -0.15) is 11.8 Å². The molecular weight excluding hydrogens is 392 g/mol. The first-order valence-corrected chi connectivity index (χ1v) is 10.9.